The minimum atomic E-state index is -0.181. The Bertz CT molecular complexity index is 769. The second-order valence-corrected chi connectivity index (χ2v) is 6.17. The fraction of sp³-hybridized carbons (Fsp3) is 0.222. The largest absolute Gasteiger partial charge is 0.493 e. The lowest BCUT2D eigenvalue weighted by atomic mass is 10.1. The fourth-order valence-corrected chi connectivity index (χ4v) is 2.47. The van der Waals surface area contributed by atoms with Gasteiger partial charge in [-0.15, -0.1) is 0 Å². The number of amides is 1. The van der Waals surface area contributed by atoms with Crippen LogP contribution in [0.5, 0.6) is 11.5 Å². The molecular weight excluding hydrogens is 374 g/mol. The van der Waals surface area contributed by atoms with E-state index >= 15 is 0 Å². The molecule has 0 atom stereocenters. The van der Waals surface area contributed by atoms with Gasteiger partial charge in [-0.3, -0.25) is 15.6 Å². The Balaban J connectivity index is 1.76. The number of aryl methyl sites for hydroxylation is 1. The third-order valence-corrected chi connectivity index (χ3v) is 3.96. The highest BCUT2D eigenvalue weighted by Gasteiger charge is 2.07. The molecule has 3 N–H and O–H groups in total. The van der Waals surface area contributed by atoms with Gasteiger partial charge in [0.1, 0.15) is 0 Å². The molecule has 0 fully saturated rings. The number of rotatable bonds is 6. The van der Waals surface area contributed by atoms with E-state index in [2.05, 4.69) is 16.2 Å². The Kier molecular flexibility index (Phi) is 7.50. The number of hydrogen-bond acceptors (Lipinski definition) is 4. The normalized spacial score (nSPS) is 9.96. The predicted octanol–water partition coefficient (Wildman–Crippen LogP) is 3.31. The van der Waals surface area contributed by atoms with Crippen LogP contribution in [-0.2, 0) is 11.2 Å². The first-order valence-corrected chi connectivity index (χ1v) is 8.62. The minimum absolute atomic E-state index is 0.181. The lowest BCUT2D eigenvalue weighted by Gasteiger charge is -2.12. The zero-order chi connectivity index (χ0) is 18.9. The van der Waals surface area contributed by atoms with Crippen LogP contribution in [-0.4, -0.2) is 25.2 Å². The summed E-state index contributed by atoms with van der Waals surface area (Å²) < 4.78 is 10.4. The zero-order valence-corrected chi connectivity index (χ0v) is 16.0. The summed E-state index contributed by atoms with van der Waals surface area (Å²) in [5.41, 5.74) is 6.97. The molecule has 0 unspecified atom stereocenters. The van der Waals surface area contributed by atoms with Gasteiger partial charge in [0.2, 0.25) is 5.91 Å². The van der Waals surface area contributed by atoms with Crippen molar-refractivity contribution in [2.45, 2.75) is 12.8 Å². The highest BCUT2D eigenvalue weighted by molar-refractivity contribution is 7.80. The van der Waals surface area contributed by atoms with E-state index in [4.69, 9.17) is 33.3 Å². The van der Waals surface area contributed by atoms with Gasteiger partial charge < -0.3 is 14.8 Å². The second-order valence-electron chi connectivity index (χ2n) is 5.32. The van der Waals surface area contributed by atoms with Crippen molar-refractivity contribution in [3.05, 3.63) is 53.1 Å². The minimum Gasteiger partial charge on any atom is -0.493 e. The van der Waals surface area contributed by atoms with Crippen molar-refractivity contribution in [2.24, 2.45) is 0 Å². The molecule has 0 aliphatic carbocycles. The summed E-state index contributed by atoms with van der Waals surface area (Å²) in [6.45, 7) is 0. The van der Waals surface area contributed by atoms with Gasteiger partial charge in [0.25, 0.3) is 0 Å². The van der Waals surface area contributed by atoms with Gasteiger partial charge in [-0.25, -0.2) is 0 Å². The maximum absolute atomic E-state index is 12.0. The van der Waals surface area contributed by atoms with Gasteiger partial charge in [-0.05, 0) is 60.6 Å². The molecule has 2 aromatic rings. The van der Waals surface area contributed by atoms with Crippen LogP contribution in [0.25, 0.3) is 0 Å². The standard InChI is InChI=1S/C18H20ClN3O3S/c1-24-15-9-3-12(11-16(15)25-2)4-10-17(23)21-22-18(26)20-14-7-5-13(19)6-8-14/h3,5-9,11H,4,10H2,1-2H3,(H,21,23)(H2,20,22,26). The number of nitrogens with one attached hydrogen (secondary N) is 3. The Morgan fingerprint density at radius 3 is 2.38 bits per heavy atom. The first kappa shape index (κ1) is 19.8. The Labute approximate surface area is 162 Å². The molecule has 0 bridgehead atoms. The van der Waals surface area contributed by atoms with Crippen LogP contribution >= 0.6 is 23.8 Å². The van der Waals surface area contributed by atoms with Gasteiger partial charge in [0.05, 0.1) is 14.2 Å². The van der Waals surface area contributed by atoms with Crippen LogP contribution in [0.15, 0.2) is 42.5 Å². The first-order chi connectivity index (χ1) is 12.5. The van der Waals surface area contributed by atoms with Gasteiger partial charge in [-0.1, -0.05) is 17.7 Å². The van der Waals surface area contributed by atoms with Crippen LogP contribution in [0, 0.1) is 0 Å². The molecule has 0 radical (unpaired) electrons. The van der Waals surface area contributed by atoms with Crippen molar-refractivity contribution in [1.82, 2.24) is 10.9 Å². The zero-order valence-electron chi connectivity index (χ0n) is 14.5. The maximum atomic E-state index is 12.0. The van der Waals surface area contributed by atoms with E-state index in [1.54, 1.807) is 38.5 Å². The van der Waals surface area contributed by atoms with Gasteiger partial charge in [0, 0.05) is 17.1 Å². The van der Waals surface area contributed by atoms with Crippen LogP contribution < -0.4 is 25.6 Å². The lowest BCUT2D eigenvalue weighted by molar-refractivity contribution is -0.121. The number of halogens is 1. The average Bonchev–Trinajstić information content (AvgIpc) is 2.66. The highest BCUT2D eigenvalue weighted by Crippen LogP contribution is 2.27. The molecule has 26 heavy (non-hydrogen) atoms. The quantitative estimate of drug-likeness (QED) is 0.516. The number of ether oxygens (including phenoxy) is 2. The van der Waals surface area contributed by atoms with Crippen molar-refractivity contribution in [3.63, 3.8) is 0 Å². The summed E-state index contributed by atoms with van der Waals surface area (Å²) in [4.78, 5) is 12.0. The summed E-state index contributed by atoms with van der Waals surface area (Å²) >= 11 is 10.9. The lowest BCUT2D eigenvalue weighted by Crippen LogP contribution is -2.43. The molecule has 8 heteroatoms. The number of thiocarbonyl (C=S) groups is 1. The molecule has 0 spiro atoms. The topological polar surface area (TPSA) is 71.6 Å². The van der Waals surface area contributed by atoms with E-state index in [-0.39, 0.29) is 11.0 Å². The molecule has 0 saturated carbocycles. The summed E-state index contributed by atoms with van der Waals surface area (Å²) in [5.74, 6) is 1.11. The van der Waals surface area contributed by atoms with Crippen molar-refractivity contribution in [2.75, 3.05) is 19.5 Å². The average molecular weight is 394 g/mol. The van der Waals surface area contributed by atoms with E-state index < -0.39 is 0 Å². The van der Waals surface area contributed by atoms with Crippen molar-refractivity contribution in [3.8, 4) is 11.5 Å². The maximum Gasteiger partial charge on any atom is 0.238 e. The number of anilines is 1. The molecule has 1 amide bonds. The molecule has 0 saturated heterocycles. The van der Waals surface area contributed by atoms with E-state index in [9.17, 15) is 4.79 Å². The summed E-state index contributed by atoms with van der Waals surface area (Å²) in [6.07, 6.45) is 0.858. The molecule has 2 rings (SSSR count). The van der Waals surface area contributed by atoms with E-state index in [1.165, 1.54) is 0 Å². The number of methoxy groups -OCH3 is 2. The Morgan fingerprint density at radius 2 is 1.73 bits per heavy atom. The number of benzene rings is 2. The molecule has 2 aromatic carbocycles. The summed E-state index contributed by atoms with van der Waals surface area (Å²) in [6, 6.07) is 12.6. The number of carbonyl (C=O) groups is 1. The third kappa shape index (κ3) is 6.09. The SMILES string of the molecule is COc1ccc(CCC(=O)NNC(=S)Nc2ccc(Cl)cc2)cc1OC. The van der Waals surface area contributed by atoms with Crippen LogP contribution in [0.1, 0.15) is 12.0 Å². The van der Waals surface area contributed by atoms with Crippen LogP contribution in [0.4, 0.5) is 5.69 Å². The third-order valence-electron chi connectivity index (χ3n) is 3.51. The van der Waals surface area contributed by atoms with Gasteiger partial charge >= 0.3 is 0 Å². The van der Waals surface area contributed by atoms with E-state index in [1.807, 2.05) is 18.2 Å². The fourth-order valence-electron chi connectivity index (χ4n) is 2.18. The number of carbonyl (C=O) groups excluding carboxylic acids is 1. The Morgan fingerprint density at radius 1 is 1.04 bits per heavy atom. The van der Waals surface area contributed by atoms with Gasteiger partial charge in [-0.2, -0.15) is 0 Å². The van der Waals surface area contributed by atoms with Crippen molar-refractivity contribution in [1.29, 1.82) is 0 Å². The molecule has 6 nitrogen and oxygen atoms in total. The second kappa shape index (κ2) is 9.84. The summed E-state index contributed by atoms with van der Waals surface area (Å²) in [5, 5.41) is 3.86. The molecule has 0 aromatic heterocycles. The predicted molar refractivity (Wildman–Crippen MR) is 107 cm³/mol. The summed E-state index contributed by atoms with van der Waals surface area (Å²) in [7, 11) is 3.16. The molecular formula is C18H20ClN3O3S. The smallest absolute Gasteiger partial charge is 0.238 e. The van der Waals surface area contributed by atoms with Crippen LogP contribution in [0.3, 0.4) is 0 Å². The molecule has 0 aliphatic heterocycles. The Hall–Kier alpha value is -2.51. The molecule has 0 aliphatic rings. The highest BCUT2D eigenvalue weighted by atomic mass is 35.5. The monoisotopic (exact) mass is 393 g/mol. The van der Waals surface area contributed by atoms with E-state index in [0.29, 0.717) is 29.4 Å². The van der Waals surface area contributed by atoms with Crippen molar-refractivity contribution < 1.29 is 14.3 Å². The molecule has 0 heterocycles. The first-order valence-electron chi connectivity index (χ1n) is 7.84. The van der Waals surface area contributed by atoms with Crippen molar-refractivity contribution >= 4 is 40.5 Å². The van der Waals surface area contributed by atoms with Crippen LogP contribution in [0.2, 0.25) is 5.02 Å². The van der Waals surface area contributed by atoms with Gasteiger partial charge in [0.15, 0.2) is 16.6 Å². The van der Waals surface area contributed by atoms with E-state index in [0.717, 1.165) is 11.3 Å². The number of hydrogen-bond donors (Lipinski definition) is 3. The molecule has 138 valence electrons. The number of hydrazine groups is 1.